The maximum absolute atomic E-state index is 13.3. The molecular formula is C24H27ClN4O3S. The number of para-hydroxylation sites is 1. The minimum Gasteiger partial charge on any atom is -0.388 e. The molecule has 174 valence electrons. The van der Waals surface area contributed by atoms with E-state index in [0.29, 0.717) is 31.0 Å². The molecule has 0 amide bonds. The van der Waals surface area contributed by atoms with Gasteiger partial charge in [0.1, 0.15) is 0 Å². The van der Waals surface area contributed by atoms with E-state index in [-0.39, 0.29) is 0 Å². The fraction of sp³-hybridized carbons (Fsp3) is 0.333. The van der Waals surface area contributed by atoms with Crippen LogP contribution in [0.5, 0.6) is 0 Å². The number of hydrogen-bond acceptors (Lipinski definition) is 6. The molecule has 3 heterocycles. The molecule has 1 aliphatic rings. The predicted molar refractivity (Wildman–Crippen MR) is 133 cm³/mol. The van der Waals surface area contributed by atoms with Crippen LogP contribution in [0, 0.1) is 6.92 Å². The Morgan fingerprint density at radius 3 is 2.64 bits per heavy atom. The minimum atomic E-state index is -3.44. The fourth-order valence-corrected chi connectivity index (χ4v) is 6.27. The molecular weight excluding hydrogens is 460 g/mol. The number of aryl methyl sites for hydroxylation is 1. The highest BCUT2D eigenvalue weighted by Gasteiger charge is 2.42. The zero-order valence-corrected chi connectivity index (χ0v) is 20.4. The van der Waals surface area contributed by atoms with Gasteiger partial charge in [-0.15, -0.1) is 0 Å². The van der Waals surface area contributed by atoms with Crippen LogP contribution in [-0.4, -0.2) is 48.6 Å². The molecule has 2 N–H and O–H groups in total. The summed E-state index contributed by atoms with van der Waals surface area (Å²) in [6.07, 6.45) is 4.53. The Hall–Kier alpha value is -2.68. The molecule has 4 aromatic rings. The van der Waals surface area contributed by atoms with Crippen molar-refractivity contribution in [2.24, 2.45) is 0 Å². The summed E-state index contributed by atoms with van der Waals surface area (Å²) in [6, 6.07) is 11.2. The molecule has 33 heavy (non-hydrogen) atoms. The quantitative estimate of drug-likeness (QED) is 0.416. The van der Waals surface area contributed by atoms with Gasteiger partial charge in [0.05, 0.1) is 31.9 Å². The van der Waals surface area contributed by atoms with Gasteiger partial charge < -0.3 is 10.1 Å². The third-order valence-electron chi connectivity index (χ3n) is 6.22. The number of rotatable bonds is 3. The molecule has 1 fully saturated rings. The van der Waals surface area contributed by atoms with Crippen molar-refractivity contribution in [2.45, 2.75) is 36.3 Å². The second-order valence-electron chi connectivity index (χ2n) is 8.38. The van der Waals surface area contributed by atoms with Gasteiger partial charge >= 0.3 is 0 Å². The number of nitrogens with one attached hydrogen (secondary N) is 2. The maximum Gasteiger partial charge on any atom is 0.184 e. The van der Waals surface area contributed by atoms with Crippen molar-refractivity contribution in [1.82, 2.24) is 15.2 Å². The van der Waals surface area contributed by atoms with E-state index < -0.39 is 14.6 Å². The minimum absolute atomic E-state index is 0.402. The number of anilines is 1. The SMILES string of the molecule is CNc1ccnc2cc(C)c(S(=O)(=O)C3(C)CCOCC3)cc12.Clc1cccc2cn[nH]c12. The average molecular weight is 487 g/mol. The summed E-state index contributed by atoms with van der Waals surface area (Å²) < 4.78 is 31.1. The molecule has 1 saturated heterocycles. The van der Waals surface area contributed by atoms with Gasteiger partial charge in [-0.1, -0.05) is 23.7 Å². The highest BCUT2D eigenvalue weighted by atomic mass is 35.5. The van der Waals surface area contributed by atoms with Gasteiger partial charge in [0.15, 0.2) is 9.84 Å². The summed E-state index contributed by atoms with van der Waals surface area (Å²) in [4.78, 5) is 4.75. The van der Waals surface area contributed by atoms with E-state index in [1.165, 1.54) is 0 Å². The molecule has 7 nitrogen and oxygen atoms in total. The van der Waals surface area contributed by atoms with Gasteiger partial charge in [-0.2, -0.15) is 5.10 Å². The van der Waals surface area contributed by atoms with E-state index in [2.05, 4.69) is 20.5 Å². The lowest BCUT2D eigenvalue weighted by atomic mass is 10.0. The van der Waals surface area contributed by atoms with Crippen LogP contribution in [0.1, 0.15) is 25.3 Å². The lowest BCUT2D eigenvalue weighted by Crippen LogP contribution is -2.41. The van der Waals surface area contributed by atoms with Gasteiger partial charge in [-0.25, -0.2) is 8.42 Å². The molecule has 1 aliphatic heterocycles. The molecule has 5 rings (SSSR count). The maximum atomic E-state index is 13.3. The monoisotopic (exact) mass is 486 g/mol. The molecule has 2 aromatic heterocycles. The van der Waals surface area contributed by atoms with Crippen LogP contribution >= 0.6 is 11.6 Å². The molecule has 0 atom stereocenters. The predicted octanol–water partition coefficient (Wildman–Crippen LogP) is 5.14. The summed E-state index contributed by atoms with van der Waals surface area (Å²) in [5.41, 5.74) is 3.32. The van der Waals surface area contributed by atoms with Crippen molar-refractivity contribution in [3.05, 3.63) is 59.4 Å². The van der Waals surface area contributed by atoms with Crippen molar-refractivity contribution in [3.8, 4) is 0 Å². The van der Waals surface area contributed by atoms with Crippen LogP contribution in [0.3, 0.4) is 0 Å². The highest BCUT2D eigenvalue weighted by molar-refractivity contribution is 7.92. The Morgan fingerprint density at radius 2 is 1.94 bits per heavy atom. The highest BCUT2D eigenvalue weighted by Crippen LogP contribution is 2.37. The van der Waals surface area contributed by atoms with E-state index in [1.54, 1.807) is 18.5 Å². The second kappa shape index (κ2) is 9.29. The number of sulfone groups is 1. The van der Waals surface area contributed by atoms with Gasteiger partial charge in [0.25, 0.3) is 0 Å². The van der Waals surface area contributed by atoms with Crippen molar-refractivity contribution in [1.29, 1.82) is 0 Å². The van der Waals surface area contributed by atoms with Crippen LogP contribution in [-0.2, 0) is 14.6 Å². The standard InChI is InChI=1S/C17H22N2O3S.C7H5ClN2/c1-12-10-15-13(14(18-3)4-7-19-15)11-16(12)23(20,21)17(2)5-8-22-9-6-17;8-6-3-1-2-5-4-9-10-7(5)6/h4,7,10-11H,5-6,8-9H2,1-3H3,(H,18,19);1-4H,(H,9,10). The van der Waals surface area contributed by atoms with Crippen LogP contribution < -0.4 is 5.32 Å². The first-order valence-electron chi connectivity index (χ1n) is 10.7. The molecule has 0 saturated carbocycles. The summed E-state index contributed by atoms with van der Waals surface area (Å²) >= 11 is 5.83. The van der Waals surface area contributed by atoms with Crippen LogP contribution in [0.15, 0.2) is 53.7 Å². The summed E-state index contributed by atoms with van der Waals surface area (Å²) in [7, 11) is -1.62. The number of H-pyrrole nitrogens is 1. The zero-order valence-electron chi connectivity index (χ0n) is 18.9. The van der Waals surface area contributed by atoms with Gasteiger partial charge in [-0.3, -0.25) is 10.1 Å². The third-order valence-corrected chi connectivity index (χ3v) is 9.26. The number of aromatic nitrogens is 3. The fourth-order valence-electron chi connectivity index (χ4n) is 4.05. The van der Waals surface area contributed by atoms with Crippen molar-refractivity contribution in [2.75, 3.05) is 25.6 Å². The largest absolute Gasteiger partial charge is 0.388 e. The smallest absolute Gasteiger partial charge is 0.184 e. The Labute approximate surface area is 198 Å². The topological polar surface area (TPSA) is 97.0 Å². The van der Waals surface area contributed by atoms with E-state index >= 15 is 0 Å². The summed E-state index contributed by atoms with van der Waals surface area (Å²) in [6.45, 7) is 4.65. The Kier molecular flexibility index (Phi) is 6.61. The number of halogens is 1. The summed E-state index contributed by atoms with van der Waals surface area (Å²) in [5.74, 6) is 0. The van der Waals surface area contributed by atoms with Crippen molar-refractivity contribution >= 4 is 48.9 Å². The first kappa shape index (κ1) is 23.5. The number of aromatic amines is 1. The number of hydrogen-bond donors (Lipinski definition) is 2. The molecule has 9 heteroatoms. The van der Waals surface area contributed by atoms with Crippen LogP contribution in [0.4, 0.5) is 5.69 Å². The summed E-state index contributed by atoms with van der Waals surface area (Å²) in [5, 5.41) is 12.4. The number of ether oxygens (including phenoxy) is 1. The van der Waals surface area contributed by atoms with Crippen molar-refractivity contribution < 1.29 is 13.2 Å². The third kappa shape index (κ3) is 4.43. The Bertz CT molecular complexity index is 1400. The molecule has 0 bridgehead atoms. The molecule has 0 unspecified atom stereocenters. The van der Waals surface area contributed by atoms with E-state index in [9.17, 15) is 8.42 Å². The number of fused-ring (bicyclic) bond motifs is 2. The van der Waals surface area contributed by atoms with E-state index in [0.717, 1.165) is 38.1 Å². The zero-order chi connectivity index (χ0) is 23.6. The first-order chi connectivity index (χ1) is 15.8. The van der Waals surface area contributed by atoms with E-state index in [4.69, 9.17) is 16.3 Å². The normalized spacial score (nSPS) is 15.8. The van der Waals surface area contributed by atoms with Crippen molar-refractivity contribution in [3.63, 3.8) is 0 Å². The molecule has 2 aromatic carbocycles. The first-order valence-corrected chi connectivity index (χ1v) is 12.6. The Balaban J connectivity index is 0.000000214. The van der Waals surface area contributed by atoms with Crippen LogP contribution in [0.2, 0.25) is 5.02 Å². The number of pyridine rings is 1. The second-order valence-corrected chi connectivity index (χ2v) is 11.2. The van der Waals surface area contributed by atoms with Gasteiger partial charge in [0.2, 0.25) is 0 Å². The van der Waals surface area contributed by atoms with Gasteiger partial charge in [-0.05, 0) is 56.5 Å². The average Bonchev–Trinajstić information content (AvgIpc) is 3.29. The number of benzene rings is 2. The molecule has 0 spiro atoms. The number of nitrogens with zero attached hydrogens (tertiary/aromatic N) is 2. The van der Waals surface area contributed by atoms with Crippen LogP contribution in [0.25, 0.3) is 21.8 Å². The van der Waals surface area contributed by atoms with Gasteiger partial charge in [0, 0.05) is 42.9 Å². The molecule has 0 aliphatic carbocycles. The lowest BCUT2D eigenvalue weighted by molar-refractivity contribution is 0.0789. The Morgan fingerprint density at radius 1 is 1.18 bits per heavy atom. The lowest BCUT2D eigenvalue weighted by Gasteiger charge is -2.33. The van der Waals surface area contributed by atoms with E-state index in [1.807, 2.05) is 51.2 Å². The molecule has 0 radical (unpaired) electrons.